The summed E-state index contributed by atoms with van der Waals surface area (Å²) in [5.74, 6) is 0.997. The number of nitrogen functional groups attached to an aromatic ring is 1. The minimum Gasteiger partial charge on any atom is -0.382 e. The second-order valence-corrected chi connectivity index (χ2v) is 8.10. The van der Waals surface area contributed by atoms with Crippen LogP contribution in [0.15, 0.2) is 48.9 Å². The number of nitrogens with zero attached hydrogens (tertiary/aromatic N) is 3. The molecule has 6 nitrogen and oxygen atoms in total. The largest absolute Gasteiger partial charge is 0.382 e. The van der Waals surface area contributed by atoms with Crippen LogP contribution in [0.5, 0.6) is 0 Å². The van der Waals surface area contributed by atoms with Crippen LogP contribution in [-0.2, 0) is 4.74 Å². The Balaban J connectivity index is 1.55. The highest BCUT2D eigenvalue weighted by Gasteiger charge is 2.25. The first-order valence-corrected chi connectivity index (χ1v) is 10.8. The summed E-state index contributed by atoms with van der Waals surface area (Å²) in [4.78, 5) is 13.4. The van der Waals surface area contributed by atoms with Gasteiger partial charge in [0.25, 0.3) is 0 Å². The summed E-state index contributed by atoms with van der Waals surface area (Å²) < 4.78 is 5.60. The number of anilines is 1. The predicted molar refractivity (Wildman–Crippen MR) is 118 cm³/mol. The molecule has 5 rings (SSSR count). The van der Waals surface area contributed by atoms with Gasteiger partial charge in [0.1, 0.15) is 11.5 Å². The predicted octanol–water partition coefficient (Wildman–Crippen LogP) is 4.11. The van der Waals surface area contributed by atoms with Gasteiger partial charge in [-0.2, -0.15) is 0 Å². The van der Waals surface area contributed by atoms with Gasteiger partial charge in [0.2, 0.25) is 0 Å². The molecule has 2 aliphatic heterocycles. The van der Waals surface area contributed by atoms with Crippen LogP contribution in [0.4, 0.5) is 5.82 Å². The third-order valence-electron chi connectivity index (χ3n) is 6.23. The zero-order valence-electron chi connectivity index (χ0n) is 17.1. The van der Waals surface area contributed by atoms with E-state index in [4.69, 9.17) is 15.5 Å². The molecule has 2 aromatic heterocycles. The van der Waals surface area contributed by atoms with Crippen molar-refractivity contribution in [1.82, 2.24) is 20.3 Å². The number of benzene rings is 1. The van der Waals surface area contributed by atoms with Gasteiger partial charge in [-0.25, -0.2) is 9.97 Å². The van der Waals surface area contributed by atoms with Crippen LogP contribution in [0.25, 0.3) is 22.5 Å². The van der Waals surface area contributed by atoms with Gasteiger partial charge in [0, 0.05) is 42.8 Å². The molecule has 6 heteroatoms. The Hall–Kier alpha value is -2.83. The molecule has 0 spiro atoms. The molecule has 3 N–H and O–H groups in total. The number of pyridine rings is 1. The molecule has 3 aromatic rings. The van der Waals surface area contributed by atoms with E-state index in [0.29, 0.717) is 23.5 Å². The molecule has 30 heavy (non-hydrogen) atoms. The Morgan fingerprint density at radius 3 is 2.57 bits per heavy atom. The topological polar surface area (TPSA) is 86.0 Å². The summed E-state index contributed by atoms with van der Waals surface area (Å²) >= 11 is 0. The second kappa shape index (κ2) is 8.50. The van der Waals surface area contributed by atoms with Crippen molar-refractivity contribution >= 4 is 5.82 Å². The van der Waals surface area contributed by atoms with Crippen LogP contribution in [-0.4, -0.2) is 34.7 Å². The first-order valence-electron chi connectivity index (χ1n) is 10.8. The summed E-state index contributed by atoms with van der Waals surface area (Å²) in [6.07, 6.45) is 9.84. The van der Waals surface area contributed by atoms with E-state index >= 15 is 0 Å². The van der Waals surface area contributed by atoms with Crippen molar-refractivity contribution in [3.63, 3.8) is 0 Å². The van der Waals surface area contributed by atoms with Gasteiger partial charge in [0.05, 0.1) is 11.9 Å². The van der Waals surface area contributed by atoms with Gasteiger partial charge < -0.3 is 15.8 Å². The zero-order chi connectivity index (χ0) is 20.3. The van der Waals surface area contributed by atoms with Crippen molar-refractivity contribution in [2.24, 2.45) is 0 Å². The van der Waals surface area contributed by atoms with Crippen LogP contribution >= 0.6 is 0 Å². The lowest BCUT2D eigenvalue weighted by Crippen LogP contribution is -2.19. The molecule has 0 aliphatic carbocycles. The molecule has 0 bridgehead atoms. The van der Waals surface area contributed by atoms with E-state index in [1.54, 1.807) is 18.6 Å². The molecule has 1 aromatic carbocycles. The lowest BCUT2D eigenvalue weighted by atomic mass is 9.84. The third-order valence-corrected chi connectivity index (χ3v) is 6.23. The van der Waals surface area contributed by atoms with Crippen molar-refractivity contribution < 1.29 is 4.74 Å². The van der Waals surface area contributed by atoms with E-state index in [-0.39, 0.29) is 0 Å². The van der Waals surface area contributed by atoms with Crippen molar-refractivity contribution in [2.75, 3.05) is 25.5 Å². The number of ether oxygens (including phenoxy) is 1. The van der Waals surface area contributed by atoms with E-state index in [2.05, 4.69) is 33.5 Å². The molecule has 1 unspecified atom stereocenters. The average molecular weight is 402 g/mol. The summed E-state index contributed by atoms with van der Waals surface area (Å²) in [5, 5.41) is 3.68. The molecule has 0 saturated carbocycles. The van der Waals surface area contributed by atoms with E-state index in [1.807, 2.05) is 12.1 Å². The molecule has 2 saturated heterocycles. The van der Waals surface area contributed by atoms with Crippen molar-refractivity contribution in [3.8, 4) is 22.5 Å². The number of nitrogens with one attached hydrogen (secondary N) is 1. The van der Waals surface area contributed by atoms with E-state index < -0.39 is 0 Å². The van der Waals surface area contributed by atoms with Gasteiger partial charge >= 0.3 is 0 Å². The monoisotopic (exact) mass is 401 g/mol. The minimum absolute atomic E-state index is 0.407. The second-order valence-electron chi connectivity index (χ2n) is 8.10. The highest BCUT2D eigenvalue weighted by Crippen LogP contribution is 2.37. The third kappa shape index (κ3) is 3.80. The average Bonchev–Trinajstić information content (AvgIpc) is 3.35. The lowest BCUT2D eigenvalue weighted by Gasteiger charge is -2.27. The maximum absolute atomic E-state index is 6.13. The van der Waals surface area contributed by atoms with Gasteiger partial charge in [-0.05, 0) is 67.5 Å². The highest BCUT2D eigenvalue weighted by atomic mass is 16.5. The maximum Gasteiger partial charge on any atom is 0.150 e. The first kappa shape index (κ1) is 19.2. The van der Waals surface area contributed by atoms with Gasteiger partial charge in [0.15, 0.2) is 0 Å². The number of nitrogens with two attached hydrogens (primary N) is 1. The highest BCUT2D eigenvalue weighted by molar-refractivity contribution is 5.73. The van der Waals surface area contributed by atoms with E-state index in [9.17, 15) is 0 Å². The molecule has 2 aliphatic rings. The Morgan fingerprint density at radius 1 is 0.967 bits per heavy atom. The van der Waals surface area contributed by atoms with E-state index in [1.165, 1.54) is 24.0 Å². The molecular weight excluding hydrogens is 374 g/mol. The van der Waals surface area contributed by atoms with Crippen LogP contribution in [0.1, 0.15) is 48.8 Å². The lowest BCUT2D eigenvalue weighted by molar-refractivity contribution is 0.0851. The fourth-order valence-corrected chi connectivity index (χ4v) is 4.63. The smallest absolute Gasteiger partial charge is 0.150 e. The molecule has 154 valence electrons. The maximum atomic E-state index is 6.13. The minimum atomic E-state index is 0.407. The molecule has 4 heterocycles. The van der Waals surface area contributed by atoms with Crippen LogP contribution < -0.4 is 11.1 Å². The Labute approximate surface area is 176 Å². The first-order chi connectivity index (χ1) is 14.8. The SMILES string of the molecule is Nc1ncc(-c2ccc(C3CCOCC3)c(C3CCCN3)c2)nc1-c1ccncc1. The van der Waals surface area contributed by atoms with Crippen LogP contribution in [0.3, 0.4) is 0 Å². The quantitative estimate of drug-likeness (QED) is 0.684. The van der Waals surface area contributed by atoms with Gasteiger partial charge in [-0.1, -0.05) is 12.1 Å². The molecule has 1 atom stereocenters. The summed E-state index contributed by atoms with van der Waals surface area (Å²) in [6, 6.07) is 11.0. The zero-order valence-corrected chi connectivity index (χ0v) is 17.1. The van der Waals surface area contributed by atoms with Crippen molar-refractivity contribution in [3.05, 3.63) is 60.0 Å². The Kier molecular flexibility index (Phi) is 5.43. The number of hydrogen-bond acceptors (Lipinski definition) is 6. The summed E-state index contributed by atoms with van der Waals surface area (Å²) in [7, 11) is 0. The fourth-order valence-electron chi connectivity index (χ4n) is 4.63. The fraction of sp³-hybridized carbons (Fsp3) is 0.375. The molecule has 2 fully saturated rings. The Bertz CT molecular complexity index is 1010. The molecule has 0 radical (unpaired) electrons. The van der Waals surface area contributed by atoms with Gasteiger partial charge in [-0.3, -0.25) is 4.98 Å². The van der Waals surface area contributed by atoms with Gasteiger partial charge in [-0.15, -0.1) is 0 Å². The summed E-state index contributed by atoms with van der Waals surface area (Å²) in [5.41, 5.74) is 12.5. The summed E-state index contributed by atoms with van der Waals surface area (Å²) in [6.45, 7) is 2.78. The molecular formula is C24H27N5O. The molecule has 0 amide bonds. The number of rotatable bonds is 4. The Morgan fingerprint density at radius 2 is 1.80 bits per heavy atom. The van der Waals surface area contributed by atoms with Crippen LogP contribution in [0, 0.1) is 0 Å². The number of hydrogen-bond donors (Lipinski definition) is 2. The van der Waals surface area contributed by atoms with Crippen molar-refractivity contribution in [1.29, 1.82) is 0 Å². The number of aromatic nitrogens is 3. The van der Waals surface area contributed by atoms with Crippen molar-refractivity contribution in [2.45, 2.75) is 37.6 Å². The van der Waals surface area contributed by atoms with Crippen LogP contribution in [0.2, 0.25) is 0 Å². The van der Waals surface area contributed by atoms with E-state index in [0.717, 1.165) is 49.4 Å². The normalized spacial score (nSPS) is 19.8. The standard InChI is InChI=1S/C24H27N5O/c25-24-23(17-5-10-26-11-6-17)29-22(15-28-24)18-3-4-19(16-7-12-30-13-8-16)20(14-18)21-2-1-9-27-21/h3-6,10-11,14-16,21,27H,1-2,7-9,12-13H2,(H2,25,28).